The van der Waals surface area contributed by atoms with Crippen LogP contribution >= 0.6 is 11.6 Å². The van der Waals surface area contributed by atoms with E-state index in [-0.39, 0.29) is 0 Å². The number of nitrogens with one attached hydrogen (secondary N) is 1. The molecule has 1 saturated carbocycles. The van der Waals surface area contributed by atoms with Crippen LogP contribution < -0.4 is 5.32 Å². The predicted molar refractivity (Wildman–Crippen MR) is 68.7 cm³/mol. The van der Waals surface area contributed by atoms with Gasteiger partial charge in [0.15, 0.2) is 5.58 Å². The number of anilines is 1. The van der Waals surface area contributed by atoms with Crippen LogP contribution in [0.4, 0.5) is 6.01 Å². The third-order valence-electron chi connectivity index (χ3n) is 3.22. The van der Waals surface area contributed by atoms with Crippen molar-refractivity contribution < 1.29 is 9.52 Å². The minimum atomic E-state index is -0.497. The number of rotatable bonds is 3. The van der Waals surface area contributed by atoms with Crippen LogP contribution in [0.2, 0.25) is 5.15 Å². The molecule has 2 N–H and O–H groups in total. The second kappa shape index (κ2) is 4.10. The van der Waals surface area contributed by atoms with Crippen LogP contribution in [-0.2, 0) is 0 Å². The Kier molecular flexibility index (Phi) is 2.68. The zero-order valence-electron chi connectivity index (χ0n) is 9.98. The average molecular weight is 268 g/mol. The maximum atomic E-state index is 9.63. The van der Waals surface area contributed by atoms with Gasteiger partial charge in [0.25, 0.3) is 6.01 Å². The standard InChI is InChI=1S/C12H14ClN3O2/c1-12(17)4-7(5-12)6-14-11-16-10-8(18-11)2-3-9(13)15-10/h2-3,7,17H,4-6H2,1H3,(H,14,15,16). The minimum Gasteiger partial charge on any atom is -0.422 e. The molecule has 96 valence electrons. The van der Waals surface area contributed by atoms with E-state index in [2.05, 4.69) is 15.3 Å². The molecule has 0 amide bonds. The number of hydrogen-bond donors (Lipinski definition) is 2. The highest BCUT2D eigenvalue weighted by atomic mass is 35.5. The predicted octanol–water partition coefficient (Wildman–Crippen LogP) is 2.45. The number of nitrogens with zero attached hydrogens (tertiary/aromatic N) is 2. The van der Waals surface area contributed by atoms with Gasteiger partial charge >= 0.3 is 0 Å². The first-order valence-corrected chi connectivity index (χ1v) is 6.29. The first-order valence-electron chi connectivity index (χ1n) is 5.91. The maximum absolute atomic E-state index is 9.63. The van der Waals surface area contributed by atoms with Crippen LogP contribution in [0, 0.1) is 5.92 Å². The zero-order chi connectivity index (χ0) is 12.8. The lowest BCUT2D eigenvalue weighted by Gasteiger charge is -2.40. The van der Waals surface area contributed by atoms with Crippen molar-refractivity contribution in [2.24, 2.45) is 5.92 Å². The minimum absolute atomic E-state index is 0.400. The molecular weight excluding hydrogens is 254 g/mol. The lowest BCUT2D eigenvalue weighted by atomic mass is 9.72. The Balaban J connectivity index is 1.65. The fourth-order valence-electron chi connectivity index (χ4n) is 2.43. The lowest BCUT2D eigenvalue weighted by Crippen LogP contribution is -2.43. The van der Waals surface area contributed by atoms with Crippen LogP contribution in [0.15, 0.2) is 16.5 Å². The molecule has 18 heavy (non-hydrogen) atoms. The van der Waals surface area contributed by atoms with E-state index >= 15 is 0 Å². The van der Waals surface area contributed by atoms with Gasteiger partial charge in [0.05, 0.1) is 5.60 Å². The molecule has 0 unspecified atom stereocenters. The first kappa shape index (κ1) is 11.7. The third-order valence-corrected chi connectivity index (χ3v) is 3.43. The maximum Gasteiger partial charge on any atom is 0.297 e. The van der Waals surface area contributed by atoms with Crippen molar-refractivity contribution in [2.45, 2.75) is 25.4 Å². The summed E-state index contributed by atoms with van der Waals surface area (Å²) < 4.78 is 5.49. The highest BCUT2D eigenvalue weighted by molar-refractivity contribution is 6.29. The van der Waals surface area contributed by atoms with E-state index in [0.29, 0.717) is 28.3 Å². The van der Waals surface area contributed by atoms with Crippen LogP contribution in [0.3, 0.4) is 0 Å². The second-order valence-electron chi connectivity index (χ2n) is 5.13. The van der Waals surface area contributed by atoms with Crippen molar-refractivity contribution >= 4 is 28.8 Å². The van der Waals surface area contributed by atoms with E-state index < -0.39 is 5.60 Å². The zero-order valence-corrected chi connectivity index (χ0v) is 10.7. The Hall–Kier alpha value is -1.33. The van der Waals surface area contributed by atoms with Gasteiger partial charge in [-0.1, -0.05) is 11.6 Å². The molecule has 0 aromatic carbocycles. The molecule has 0 atom stereocenters. The van der Waals surface area contributed by atoms with E-state index in [9.17, 15) is 5.11 Å². The van der Waals surface area contributed by atoms with Gasteiger partial charge in [-0.25, -0.2) is 4.98 Å². The third kappa shape index (κ3) is 2.28. The average Bonchev–Trinajstić information content (AvgIpc) is 2.65. The molecule has 2 aromatic heterocycles. The first-order chi connectivity index (χ1) is 8.52. The second-order valence-corrected chi connectivity index (χ2v) is 5.51. The summed E-state index contributed by atoms with van der Waals surface area (Å²) in [5.41, 5.74) is 0.621. The smallest absolute Gasteiger partial charge is 0.297 e. The summed E-state index contributed by atoms with van der Waals surface area (Å²) in [6.07, 6.45) is 1.62. The molecule has 0 bridgehead atoms. The lowest BCUT2D eigenvalue weighted by molar-refractivity contribution is -0.0524. The van der Waals surface area contributed by atoms with Gasteiger partial charge in [0.2, 0.25) is 5.65 Å². The number of hydrogen-bond acceptors (Lipinski definition) is 5. The van der Waals surface area contributed by atoms with Crippen molar-refractivity contribution in [1.82, 2.24) is 9.97 Å². The summed E-state index contributed by atoms with van der Waals surface area (Å²) in [6, 6.07) is 3.87. The Morgan fingerprint density at radius 3 is 3.00 bits per heavy atom. The quantitative estimate of drug-likeness (QED) is 0.836. The number of halogens is 1. The van der Waals surface area contributed by atoms with Crippen molar-refractivity contribution in [3.05, 3.63) is 17.3 Å². The number of fused-ring (bicyclic) bond motifs is 1. The van der Waals surface area contributed by atoms with Crippen LogP contribution in [-0.4, -0.2) is 27.2 Å². The van der Waals surface area contributed by atoms with Gasteiger partial charge in [0, 0.05) is 6.54 Å². The van der Waals surface area contributed by atoms with Crippen molar-refractivity contribution in [2.75, 3.05) is 11.9 Å². The van der Waals surface area contributed by atoms with Gasteiger partial charge in [-0.3, -0.25) is 0 Å². The summed E-state index contributed by atoms with van der Waals surface area (Å²) in [7, 11) is 0. The summed E-state index contributed by atoms with van der Waals surface area (Å²) in [6.45, 7) is 2.60. The Bertz CT molecular complexity index is 574. The fourth-order valence-corrected chi connectivity index (χ4v) is 2.57. The highest BCUT2D eigenvalue weighted by Crippen LogP contribution is 2.37. The molecule has 0 saturated heterocycles. The molecule has 1 aliphatic carbocycles. The molecule has 3 rings (SSSR count). The topological polar surface area (TPSA) is 71.2 Å². The number of pyridine rings is 1. The Morgan fingerprint density at radius 2 is 2.28 bits per heavy atom. The number of oxazole rings is 1. The molecule has 0 aliphatic heterocycles. The van der Waals surface area contributed by atoms with Gasteiger partial charge < -0.3 is 14.8 Å². The van der Waals surface area contributed by atoms with Crippen molar-refractivity contribution in [3.63, 3.8) is 0 Å². The molecule has 2 aromatic rings. The molecule has 0 spiro atoms. The van der Waals surface area contributed by atoms with E-state index in [0.717, 1.165) is 19.4 Å². The van der Waals surface area contributed by atoms with Crippen LogP contribution in [0.5, 0.6) is 0 Å². The summed E-state index contributed by atoms with van der Waals surface area (Å²) in [4.78, 5) is 8.27. The normalized spacial score (nSPS) is 27.2. The SMILES string of the molecule is CC1(O)CC(CNc2nc3nc(Cl)ccc3o2)C1. The van der Waals surface area contributed by atoms with Gasteiger partial charge in [-0.15, -0.1) is 0 Å². The van der Waals surface area contributed by atoms with E-state index in [1.807, 2.05) is 6.92 Å². The Labute approximate surface area is 109 Å². The highest BCUT2D eigenvalue weighted by Gasteiger charge is 2.38. The van der Waals surface area contributed by atoms with Gasteiger partial charge in [0.1, 0.15) is 5.15 Å². The van der Waals surface area contributed by atoms with E-state index in [4.69, 9.17) is 16.0 Å². The molecule has 2 heterocycles. The Morgan fingerprint density at radius 1 is 1.50 bits per heavy atom. The summed E-state index contributed by atoms with van der Waals surface area (Å²) in [5.74, 6) is 0.464. The molecule has 0 radical (unpaired) electrons. The van der Waals surface area contributed by atoms with Gasteiger partial charge in [-0.2, -0.15) is 4.98 Å². The summed E-state index contributed by atoms with van der Waals surface area (Å²) >= 11 is 5.78. The fraction of sp³-hybridized carbons (Fsp3) is 0.500. The van der Waals surface area contributed by atoms with E-state index in [1.165, 1.54) is 0 Å². The summed E-state index contributed by atoms with van der Waals surface area (Å²) in [5, 5.41) is 13.2. The van der Waals surface area contributed by atoms with Crippen molar-refractivity contribution in [1.29, 1.82) is 0 Å². The van der Waals surface area contributed by atoms with E-state index in [1.54, 1.807) is 12.1 Å². The number of aliphatic hydroxyl groups is 1. The molecular formula is C12H14ClN3O2. The van der Waals surface area contributed by atoms with Crippen LogP contribution in [0.1, 0.15) is 19.8 Å². The van der Waals surface area contributed by atoms with Gasteiger partial charge in [-0.05, 0) is 37.8 Å². The largest absolute Gasteiger partial charge is 0.422 e. The number of aromatic nitrogens is 2. The monoisotopic (exact) mass is 267 g/mol. The molecule has 1 aliphatic rings. The molecule has 6 heteroatoms. The van der Waals surface area contributed by atoms with Crippen molar-refractivity contribution in [3.8, 4) is 0 Å². The molecule has 1 fully saturated rings. The molecule has 5 nitrogen and oxygen atoms in total. The van der Waals surface area contributed by atoms with Crippen LogP contribution in [0.25, 0.3) is 11.2 Å².